The topological polar surface area (TPSA) is 58.6 Å². The summed E-state index contributed by atoms with van der Waals surface area (Å²) < 4.78 is 33.9. The molecule has 7 heteroatoms. The predicted molar refractivity (Wildman–Crippen MR) is 78.9 cm³/mol. The van der Waals surface area contributed by atoms with E-state index in [1.807, 2.05) is 25.1 Å². The van der Waals surface area contributed by atoms with Gasteiger partial charge in [0, 0.05) is 30.2 Å². The van der Waals surface area contributed by atoms with Crippen molar-refractivity contribution in [2.24, 2.45) is 0 Å². The molecule has 1 fully saturated rings. The lowest BCUT2D eigenvalue weighted by atomic mass is 10.1. The molecule has 1 aromatic rings. The van der Waals surface area contributed by atoms with Crippen LogP contribution in [0.2, 0.25) is 5.02 Å². The highest BCUT2D eigenvalue weighted by molar-refractivity contribution is 7.87. The highest BCUT2D eigenvalue weighted by Crippen LogP contribution is 2.28. The van der Waals surface area contributed by atoms with E-state index in [-0.39, 0.29) is 12.6 Å². The van der Waals surface area contributed by atoms with Crippen LogP contribution in [-0.4, -0.2) is 39.0 Å². The number of nitrogens with one attached hydrogen (secondary N) is 1. The molecule has 2 rings (SSSR count). The largest absolute Gasteiger partial charge is 0.371 e. The van der Waals surface area contributed by atoms with Crippen molar-refractivity contribution >= 4 is 21.8 Å². The van der Waals surface area contributed by atoms with Crippen molar-refractivity contribution < 1.29 is 13.2 Å². The summed E-state index contributed by atoms with van der Waals surface area (Å²) in [5.41, 5.74) is 0.824. The Balaban J connectivity index is 2.11. The second-order valence-corrected chi connectivity index (χ2v) is 6.80. The standard InChI is InChI=1S/C13H19ClN2O3S/c1-2-7-15-20(17,18)16-8-9-19-13(10-16)11-5-3-4-6-12(11)14/h3-6,13,15H,2,7-10H2,1H3. The van der Waals surface area contributed by atoms with E-state index < -0.39 is 10.2 Å². The van der Waals surface area contributed by atoms with Gasteiger partial charge >= 0.3 is 0 Å². The third kappa shape index (κ3) is 3.71. The summed E-state index contributed by atoms with van der Waals surface area (Å²) in [5.74, 6) is 0. The van der Waals surface area contributed by atoms with Crippen LogP contribution in [0.1, 0.15) is 25.0 Å². The maximum atomic E-state index is 12.1. The van der Waals surface area contributed by atoms with Crippen molar-refractivity contribution in [2.75, 3.05) is 26.2 Å². The van der Waals surface area contributed by atoms with Crippen molar-refractivity contribution in [1.82, 2.24) is 9.03 Å². The van der Waals surface area contributed by atoms with Crippen LogP contribution in [0.15, 0.2) is 24.3 Å². The molecule has 1 heterocycles. The molecule has 1 N–H and O–H groups in total. The van der Waals surface area contributed by atoms with Gasteiger partial charge in [0.25, 0.3) is 10.2 Å². The maximum absolute atomic E-state index is 12.1. The van der Waals surface area contributed by atoms with Gasteiger partial charge in [-0.3, -0.25) is 0 Å². The summed E-state index contributed by atoms with van der Waals surface area (Å²) in [5, 5.41) is 0.596. The lowest BCUT2D eigenvalue weighted by Gasteiger charge is -2.32. The maximum Gasteiger partial charge on any atom is 0.279 e. The lowest BCUT2D eigenvalue weighted by Crippen LogP contribution is -2.47. The van der Waals surface area contributed by atoms with E-state index in [4.69, 9.17) is 16.3 Å². The molecule has 0 spiro atoms. The molecule has 1 saturated heterocycles. The minimum absolute atomic E-state index is 0.281. The van der Waals surface area contributed by atoms with Crippen LogP contribution >= 0.6 is 11.6 Å². The zero-order valence-corrected chi connectivity index (χ0v) is 13.0. The molecule has 0 radical (unpaired) electrons. The third-order valence-corrected chi connectivity index (χ3v) is 5.08. The number of rotatable bonds is 5. The zero-order valence-electron chi connectivity index (χ0n) is 11.4. The first-order chi connectivity index (χ1) is 9.54. The van der Waals surface area contributed by atoms with Gasteiger partial charge in [-0.25, -0.2) is 4.72 Å². The monoisotopic (exact) mass is 318 g/mol. The normalized spacial score (nSPS) is 21.0. The summed E-state index contributed by atoms with van der Waals surface area (Å²) in [6.07, 6.45) is 0.438. The number of ether oxygens (including phenoxy) is 1. The number of hydrogen-bond acceptors (Lipinski definition) is 3. The first kappa shape index (κ1) is 15.7. The third-order valence-electron chi connectivity index (χ3n) is 3.16. The molecule has 0 aliphatic carbocycles. The quantitative estimate of drug-likeness (QED) is 0.903. The lowest BCUT2D eigenvalue weighted by molar-refractivity contribution is -0.00285. The molecule has 1 aliphatic heterocycles. The average molecular weight is 319 g/mol. The summed E-state index contributed by atoms with van der Waals surface area (Å²) in [6, 6.07) is 7.35. The van der Waals surface area contributed by atoms with Gasteiger partial charge in [-0.05, 0) is 12.5 Å². The summed E-state index contributed by atoms with van der Waals surface area (Å²) in [4.78, 5) is 0. The van der Waals surface area contributed by atoms with Crippen molar-refractivity contribution in [3.8, 4) is 0 Å². The Morgan fingerprint density at radius 3 is 2.90 bits per heavy atom. The van der Waals surface area contributed by atoms with Crippen LogP contribution in [-0.2, 0) is 14.9 Å². The van der Waals surface area contributed by atoms with Gasteiger partial charge in [0.15, 0.2) is 0 Å². The number of halogens is 1. The second kappa shape index (κ2) is 6.87. The van der Waals surface area contributed by atoms with E-state index in [1.54, 1.807) is 6.07 Å². The Labute approximate surface area is 125 Å². The SMILES string of the molecule is CCCNS(=O)(=O)N1CCOC(c2ccccc2Cl)C1. The smallest absolute Gasteiger partial charge is 0.279 e. The van der Waals surface area contributed by atoms with Gasteiger partial charge in [-0.2, -0.15) is 12.7 Å². The molecule has 112 valence electrons. The van der Waals surface area contributed by atoms with E-state index in [0.29, 0.717) is 24.7 Å². The molecule has 1 aromatic carbocycles. The fourth-order valence-electron chi connectivity index (χ4n) is 2.09. The summed E-state index contributed by atoms with van der Waals surface area (Å²) in [6.45, 7) is 3.37. The van der Waals surface area contributed by atoms with Gasteiger partial charge < -0.3 is 4.74 Å². The average Bonchev–Trinajstić information content (AvgIpc) is 2.46. The van der Waals surface area contributed by atoms with E-state index in [2.05, 4.69) is 4.72 Å². The second-order valence-electron chi connectivity index (χ2n) is 4.64. The van der Waals surface area contributed by atoms with E-state index >= 15 is 0 Å². The first-order valence-electron chi connectivity index (χ1n) is 6.65. The zero-order chi connectivity index (χ0) is 14.6. The molecule has 1 aliphatic rings. The minimum atomic E-state index is -3.44. The molecule has 5 nitrogen and oxygen atoms in total. The van der Waals surface area contributed by atoms with Crippen molar-refractivity contribution in [3.63, 3.8) is 0 Å². The Morgan fingerprint density at radius 1 is 1.45 bits per heavy atom. The molecule has 0 aromatic heterocycles. The van der Waals surface area contributed by atoms with Crippen LogP contribution in [0, 0.1) is 0 Å². The highest BCUT2D eigenvalue weighted by atomic mass is 35.5. The predicted octanol–water partition coefficient (Wildman–Crippen LogP) is 1.96. The number of nitrogens with zero attached hydrogens (tertiary/aromatic N) is 1. The molecular weight excluding hydrogens is 300 g/mol. The molecule has 1 atom stereocenters. The van der Waals surface area contributed by atoms with Gasteiger partial charge in [-0.15, -0.1) is 0 Å². The summed E-state index contributed by atoms with van der Waals surface area (Å²) >= 11 is 6.14. The van der Waals surface area contributed by atoms with Crippen molar-refractivity contribution in [2.45, 2.75) is 19.4 Å². The van der Waals surface area contributed by atoms with Crippen LogP contribution in [0.3, 0.4) is 0 Å². The molecule has 0 saturated carbocycles. The molecule has 1 unspecified atom stereocenters. The molecule has 0 amide bonds. The Hall–Kier alpha value is -0.660. The Bertz CT molecular complexity index is 550. The van der Waals surface area contributed by atoms with E-state index in [9.17, 15) is 8.42 Å². The van der Waals surface area contributed by atoms with Gasteiger partial charge in [0.05, 0.1) is 12.7 Å². The molecular formula is C13H19ClN2O3S. The number of benzene rings is 1. The van der Waals surface area contributed by atoms with Crippen LogP contribution in [0.5, 0.6) is 0 Å². The summed E-state index contributed by atoms with van der Waals surface area (Å²) in [7, 11) is -3.44. The Morgan fingerprint density at radius 2 is 2.20 bits per heavy atom. The van der Waals surface area contributed by atoms with Gasteiger partial charge in [0.1, 0.15) is 0 Å². The van der Waals surface area contributed by atoms with E-state index in [0.717, 1.165) is 12.0 Å². The molecule has 20 heavy (non-hydrogen) atoms. The first-order valence-corrected chi connectivity index (χ1v) is 8.47. The minimum Gasteiger partial charge on any atom is -0.371 e. The number of hydrogen-bond donors (Lipinski definition) is 1. The fraction of sp³-hybridized carbons (Fsp3) is 0.538. The van der Waals surface area contributed by atoms with Crippen LogP contribution < -0.4 is 4.72 Å². The van der Waals surface area contributed by atoms with Crippen LogP contribution in [0.4, 0.5) is 0 Å². The van der Waals surface area contributed by atoms with Gasteiger partial charge in [0.2, 0.25) is 0 Å². The molecule has 0 bridgehead atoms. The van der Waals surface area contributed by atoms with E-state index in [1.165, 1.54) is 4.31 Å². The van der Waals surface area contributed by atoms with Gasteiger partial charge in [-0.1, -0.05) is 36.7 Å². The van der Waals surface area contributed by atoms with Crippen molar-refractivity contribution in [1.29, 1.82) is 0 Å². The van der Waals surface area contributed by atoms with Crippen LogP contribution in [0.25, 0.3) is 0 Å². The van der Waals surface area contributed by atoms with Crippen molar-refractivity contribution in [3.05, 3.63) is 34.9 Å². The Kier molecular flexibility index (Phi) is 5.40. The fourth-order valence-corrected chi connectivity index (χ4v) is 3.64. The number of morpholine rings is 1. The highest BCUT2D eigenvalue weighted by Gasteiger charge is 2.30.